The van der Waals surface area contributed by atoms with Gasteiger partial charge in [0, 0.05) is 0 Å². The van der Waals surface area contributed by atoms with Gasteiger partial charge >= 0.3 is 10.6 Å². The normalized spacial score (nSPS) is 9.13. The van der Waals surface area contributed by atoms with Crippen LogP contribution >= 0.6 is 0 Å². The summed E-state index contributed by atoms with van der Waals surface area (Å²) < 4.78 is 74.4. The molecule has 0 atom stereocenters. The fourth-order valence-corrected chi connectivity index (χ4v) is 0.691. The monoisotopic (exact) mass is 244 g/mol. The van der Waals surface area contributed by atoms with Crippen molar-refractivity contribution < 1.29 is 30.2 Å². The second-order valence-corrected chi connectivity index (χ2v) is 2.73. The zero-order valence-electron chi connectivity index (χ0n) is 7.22. The largest absolute Gasteiger partial charge is 0.425 e. The summed E-state index contributed by atoms with van der Waals surface area (Å²) in [6, 6.07) is 0.605. The fraction of sp³-hybridized carbons (Fsp3) is 0.143. The molecule has 1 aromatic rings. The van der Waals surface area contributed by atoms with Crippen LogP contribution in [-0.2, 0) is 10.6 Å². The SMILES string of the molecule is Cc1cc(F)c(F)c(F)c1F.O=S(=O)=O. The van der Waals surface area contributed by atoms with E-state index < -0.39 is 33.9 Å². The maximum Gasteiger partial charge on any atom is 0.425 e. The molecule has 0 aliphatic heterocycles. The van der Waals surface area contributed by atoms with Gasteiger partial charge in [0.15, 0.2) is 23.3 Å². The van der Waals surface area contributed by atoms with Crippen molar-refractivity contribution in [2.45, 2.75) is 6.92 Å². The summed E-state index contributed by atoms with van der Waals surface area (Å²) in [4.78, 5) is 0. The second-order valence-electron chi connectivity index (χ2n) is 2.32. The molecule has 0 saturated heterocycles. The predicted octanol–water partition coefficient (Wildman–Crippen LogP) is 1.55. The molecule has 0 radical (unpaired) electrons. The van der Waals surface area contributed by atoms with Gasteiger partial charge in [0.05, 0.1) is 0 Å². The minimum Gasteiger partial charge on any atom is -0.204 e. The Morgan fingerprint density at radius 3 is 1.73 bits per heavy atom. The summed E-state index contributed by atoms with van der Waals surface area (Å²) in [7, 11) is -3.11. The van der Waals surface area contributed by atoms with Crippen LogP contribution in [0, 0.1) is 30.2 Å². The molecule has 0 aliphatic rings. The molecule has 0 spiro atoms. The first-order valence-electron chi connectivity index (χ1n) is 3.33. The molecule has 0 saturated carbocycles. The average Bonchev–Trinajstić information content (AvgIpc) is 2.11. The van der Waals surface area contributed by atoms with Gasteiger partial charge in [-0.15, -0.1) is 12.6 Å². The highest BCUT2D eigenvalue weighted by atomic mass is 32.2. The Kier molecular flexibility index (Phi) is 4.92. The van der Waals surface area contributed by atoms with Gasteiger partial charge in [0.25, 0.3) is 0 Å². The van der Waals surface area contributed by atoms with Gasteiger partial charge in [-0.2, -0.15) is 0 Å². The molecule has 15 heavy (non-hydrogen) atoms. The van der Waals surface area contributed by atoms with Crippen LogP contribution in [0.2, 0.25) is 0 Å². The van der Waals surface area contributed by atoms with Crippen LogP contribution in [0.15, 0.2) is 6.07 Å². The van der Waals surface area contributed by atoms with Crippen molar-refractivity contribution in [3.63, 3.8) is 0 Å². The lowest BCUT2D eigenvalue weighted by Crippen LogP contribution is -1.97. The molecule has 0 fully saturated rings. The van der Waals surface area contributed by atoms with E-state index in [1.165, 1.54) is 0 Å². The lowest BCUT2D eigenvalue weighted by molar-refractivity contribution is 0.406. The van der Waals surface area contributed by atoms with E-state index in [2.05, 4.69) is 0 Å². The highest BCUT2D eigenvalue weighted by molar-refractivity contribution is 7.59. The van der Waals surface area contributed by atoms with E-state index in [-0.39, 0.29) is 5.56 Å². The van der Waals surface area contributed by atoms with Crippen molar-refractivity contribution in [1.29, 1.82) is 0 Å². The van der Waals surface area contributed by atoms with Crippen molar-refractivity contribution in [3.8, 4) is 0 Å². The lowest BCUT2D eigenvalue weighted by Gasteiger charge is -1.99. The second kappa shape index (κ2) is 5.44. The van der Waals surface area contributed by atoms with Gasteiger partial charge in [-0.3, -0.25) is 0 Å². The summed E-state index contributed by atoms with van der Waals surface area (Å²) in [5.74, 6) is -6.25. The van der Waals surface area contributed by atoms with E-state index in [4.69, 9.17) is 12.6 Å². The van der Waals surface area contributed by atoms with E-state index in [9.17, 15) is 17.6 Å². The minimum absolute atomic E-state index is 0.249. The van der Waals surface area contributed by atoms with E-state index in [0.717, 1.165) is 6.92 Å². The highest BCUT2D eigenvalue weighted by Crippen LogP contribution is 2.17. The van der Waals surface area contributed by atoms with E-state index in [1.807, 2.05) is 0 Å². The Labute approximate surface area is 83.4 Å². The third-order valence-electron chi connectivity index (χ3n) is 1.28. The average molecular weight is 244 g/mol. The van der Waals surface area contributed by atoms with Crippen LogP contribution in [0.3, 0.4) is 0 Å². The lowest BCUT2D eigenvalue weighted by atomic mass is 10.2. The molecule has 0 bridgehead atoms. The summed E-state index contributed by atoms with van der Waals surface area (Å²) >= 11 is 0. The third kappa shape index (κ3) is 4.07. The van der Waals surface area contributed by atoms with Gasteiger partial charge in [-0.25, -0.2) is 17.6 Å². The Bertz CT molecular complexity index is 435. The molecule has 0 aliphatic carbocycles. The van der Waals surface area contributed by atoms with Gasteiger partial charge in [-0.05, 0) is 18.6 Å². The third-order valence-corrected chi connectivity index (χ3v) is 1.28. The first kappa shape index (κ1) is 13.6. The summed E-state index contributed by atoms with van der Waals surface area (Å²) in [6.45, 7) is 1.15. The topological polar surface area (TPSA) is 51.2 Å². The smallest absolute Gasteiger partial charge is 0.204 e. The summed E-state index contributed by atoms with van der Waals surface area (Å²) in [6.07, 6.45) is 0. The van der Waals surface area contributed by atoms with E-state index in [0.29, 0.717) is 6.07 Å². The maximum absolute atomic E-state index is 12.4. The summed E-state index contributed by atoms with van der Waals surface area (Å²) in [5.41, 5.74) is -0.249. The molecule has 0 amide bonds. The zero-order chi connectivity index (χ0) is 12.2. The van der Waals surface area contributed by atoms with Crippen LogP contribution in [0.1, 0.15) is 5.56 Å². The van der Waals surface area contributed by atoms with Crippen molar-refractivity contribution >= 4 is 10.6 Å². The number of rotatable bonds is 0. The van der Waals surface area contributed by atoms with Gasteiger partial charge in [0.1, 0.15) is 0 Å². The van der Waals surface area contributed by atoms with Crippen molar-refractivity contribution in [3.05, 3.63) is 34.9 Å². The van der Waals surface area contributed by atoms with Crippen LogP contribution in [0.25, 0.3) is 0 Å². The molecule has 0 heterocycles. The van der Waals surface area contributed by atoms with Gasteiger partial charge in [-0.1, -0.05) is 0 Å². The Morgan fingerprint density at radius 2 is 1.33 bits per heavy atom. The standard InChI is InChI=1S/C7H4F4.O3S/c1-3-2-4(8)6(10)7(11)5(3)9;1-4(2)3/h2H,1H3;. The molecule has 8 heteroatoms. The highest BCUT2D eigenvalue weighted by Gasteiger charge is 2.15. The number of halogens is 4. The van der Waals surface area contributed by atoms with Crippen LogP contribution in [0.5, 0.6) is 0 Å². The van der Waals surface area contributed by atoms with Gasteiger partial charge < -0.3 is 0 Å². The molecule has 1 rings (SSSR count). The molecule has 1 aromatic carbocycles. The zero-order valence-corrected chi connectivity index (χ0v) is 8.04. The Morgan fingerprint density at radius 1 is 0.933 bits per heavy atom. The molecule has 3 nitrogen and oxygen atoms in total. The van der Waals surface area contributed by atoms with Crippen LogP contribution in [-0.4, -0.2) is 12.6 Å². The molecule has 0 N–H and O–H groups in total. The Hall–Kier alpha value is -1.44. The van der Waals surface area contributed by atoms with E-state index in [1.54, 1.807) is 0 Å². The van der Waals surface area contributed by atoms with Crippen molar-refractivity contribution in [2.75, 3.05) is 0 Å². The number of hydrogen-bond acceptors (Lipinski definition) is 3. The van der Waals surface area contributed by atoms with Crippen molar-refractivity contribution in [1.82, 2.24) is 0 Å². The first-order valence-corrected chi connectivity index (χ1v) is 4.33. The van der Waals surface area contributed by atoms with Crippen molar-refractivity contribution in [2.24, 2.45) is 0 Å². The molecule has 84 valence electrons. The molecular weight excluding hydrogens is 240 g/mol. The quantitative estimate of drug-likeness (QED) is 0.395. The molecular formula is C7H4F4O3S. The van der Waals surface area contributed by atoms with Crippen LogP contribution in [0.4, 0.5) is 17.6 Å². The molecule has 0 aromatic heterocycles. The Balaban J connectivity index is 0.000000423. The first-order chi connectivity index (χ1) is 6.77. The maximum atomic E-state index is 12.4. The summed E-state index contributed by atoms with van der Waals surface area (Å²) in [5, 5.41) is 0. The number of hydrogen-bond donors (Lipinski definition) is 0. The van der Waals surface area contributed by atoms with Gasteiger partial charge in [0.2, 0.25) is 0 Å². The predicted molar refractivity (Wildman–Crippen MR) is 40.7 cm³/mol. The van der Waals surface area contributed by atoms with E-state index >= 15 is 0 Å². The van der Waals surface area contributed by atoms with Crippen LogP contribution < -0.4 is 0 Å². The number of benzene rings is 1. The number of aryl methyl sites for hydroxylation is 1. The molecule has 0 unspecified atom stereocenters. The fourth-order valence-electron chi connectivity index (χ4n) is 0.691. The minimum atomic E-state index is -3.11.